The molecule has 0 spiro atoms. The first kappa shape index (κ1) is 9.77. The second-order valence-corrected chi connectivity index (χ2v) is 3.44. The third kappa shape index (κ3) is 2.37. The van der Waals surface area contributed by atoms with Crippen molar-refractivity contribution < 1.29 is 0 Å². The van der Waals surface area contributed by atoms with E-state index in [0.717, 1.165) is 30.2 Å². The summed E-state index contributed by atoms with van der Waals surface area (Å²) in [4.78, 5) is 7.51. The van der Waals surface area contributed by atoms with E-state index in [9.17, 15) is 0 Å². The molecule has 0 aliphatic rings. The number of hydrogen-bond acceptors (Lipinski definition) is 2. The van der Waals surface area contributed by atoms with E-state index in [1.165, 1.54) is 0 Å². The molecule has 0 saturated heterocycles. The summed E-state index contributed by atoms with van der Waals surface area (Å²) in [7, 11) is 0. The highest BCUT2D eigenvalue weighted by Crippen LogP contribution is 2.17. The molecular formula is C12H15N3. The van der Waals surface area contributed by atoms with Gasteiger partial charge in [-0.1, -0.05) is 37.3 Å². The predicted molar refractivity (Wildman–Crippen MR) is 62.8 cm³/mol. The third-order valence-corrected chi connectivity index (χ3v) is 2.20. The van der Waals surface area contributed by atoms with Crippen molar-refractivity contribution in [3.8, 4) is 11.3 Å². The predicted octanol–water partition coefficient (Wildman–Crippen LogP) is 2.90. The molecule has 0 aliphatic carbocycles. The van der Waals surface area contributed by atoms with Crippen LogP contribution in [0.15, 0.2) is 36.5 Å². The molecule has 0 radical (unpaired) electrons. The van der Waals surface area contributed by atoms with E-state index in [1.807, 2.05) is 24.4 Å². The van der Waals surface area contributed by atoms with Gasteiger partial charge in [0.2, 0.25) is 5.95 Å². The molecule has 0 atom stereocenters. The maximum absolute atomic E-state index is 4.26. The summed E-state index contributed by atoms with van der Waals surface area (Å²) in [6.45, 7) is 3.08. The molecule has 1 aromatic heterocycles. The average Bonchev–Trinajstić information content (AvgIpc) is 2.76. The Bertz CT molecular complexity index is 406. The first-order chi connectivity index (χ1) is 7.40. The molecule has 0 fully saturated rings. The minimum atomic E-state index is 0.843. The Kier molecular flexibility index (Phi) is 3.02. The molecule has 0 bridgehead atoms. The molecule has 15 heavy (non-hydrogen) atoms. The van der Waals surface area contributed by atoms with Crippen LogP contribution in [0.2, 0.25) is 0 Å². The molecule has 2 aromatic rings. The third-order valence-electron chi connectivity index (χ3n) is 2.20. The zero-order valence-electron chi connectivity index (χ0n) is 8.83. The van der Waals surface area contributed by atoms with Crippen LogP contribution in [0, 0.1) is 0 Å². The van der Waals surface area contributed by atoms with E-state index >= 15 is 0 Å². The Morgan fingerprint density at radius 3 is 2.80 bits per heavy atom. The lowest BCUT2D eigenvalue weighted by molar-refractivity contribution is 0.962. The number of aromatic amines is 1. The van der Waals surface area contributed by atoms with E-state index in [-0.39, 0.29) is 0 Å². The summed E-state index contributed by atoms with van der Waals surface area (Å²) in [6, 6.07) is 10.2. The Morgan fingerprint density at radius 2 is 2.07 bits per heavy atom. The molecule has 0 amide bonds. The Hall–Kier alpha value is -1.77. The molecule has 0 aliphatic heterocycles. The van der Waals surface area contributed by atoms with Crippen LogP contribution in [-0.2, 0) is 0 Å². The number of imidazole rings is 1. The maximum Gasteiger partial charge on any atom is 0.200 e. The van der Waals surface area contributed by atoms with Crippen molar-refractivity contribution >= 4 is 5.95 Å². The zero-order valence-corrected chi connectivity index (χ0v) is 8.83. The first-order valence-corrected chi connectivity index (χ1v) is 5.24. The molecule has 1 heterocycles. The number of hydrogen-bond donors (Lipinski definition) is 2. The van der Waals surface area contributed by atoms with Crippen molar-refractivity contribution in [2.45, 2.75) is 13.3 Å². The van der Waals surface area contributed by atoms with Crippen molar-refractivity contribution in [2.24, 2.45) is 0 Å². The summed E-state index contributed by atoms with van der Waals surface area (Å²) < 4.78 is 0. The van der Waals surface area contributed by atoms with E-state index in [0.29, 0.717) is 0 Å². The summed E-state index contributed by atoms with van der Waals surface area (Å²) in [6.07, 6.45) is 2.95. The lowest BCUT2D eigenvalue weighted by Gasteiger charge is -1.99. The fraction of sp³-hybridized carbons (Fsp3) is 0.250. The first-order valence-electron chi connectivity index (χ1n) is 5.24. The normalized spacial score (nSPS) is 10.2. The number of nitrogens with zero attached hydrogens (tertiary/aromatic N) is 1. The van der Waals surface area contributed by atoms with Crippen molar-refractivity contribution in [2.75, 3.05) is 11.9 Å². The van der Waals surface area contributed by atoms with Gasteiger partial charge in [0.15, 0.2) is 0 Å². The van der Waals surface area contributed by atoms with Gasteiger partial charge in [-0.05, 0) is 12.0 Å². The van der Waals surface area contributed by atoms with Crippen LogP contribution in [0.3, 0.4) is 0 Å². The smallest absolute Gasteiger partial charge is 0.200 e. The van der Waals surface area contributed by atoms with Gasteiger partial charge >= 0.3 is 0 Å². The molecule has 0 unspecified atom stereocenters. The molecule has 2 rings (SSSR count). The number of H-pyrrole nitrogens is 1. The van der Waals surface area contributed by atoms with Crippen LogP contribution < -0.4 is 5.32 Å². The largest absolute Gasteiger partial charge is 0.356 e. The minimum Gasteiger partial charge on any atom is -0.356 e. The summed E-state index contributed by atoms with van der Waals surface area (Å²) in [5, 5.41) is 3.22. The van der Waals surface area contributed by atoms with Gasteiger partial charge in [0.25, 0.3) is 0 Å². The van der Waals surface area contributed by atoms with Crippen molar-refractivity contribution in [1.82, 2.24) is 9.97 Å². The monoisotopic (exact) mass is 201 g/mol. The number of benzene rings is 1. The van der Waals surface area contributed by atoms with Gasteiger partial charge in [0, 0.05) is 6.54 Å². The molecule has 3 heteroatoms. The van der Waals surface area contributed by atoms with Gasteiger partial charge in [-0.2, -0.15) is 0 Å². The number of anilines is 1. The Labute approximate surface area is 89.6 Å². The van der Waals surface area contributed by atoms with Gasteiger partial charge in [0.1, 0.15) is 0 Å². The lowest BCUT2D eigenvalue weighted by Crippen LogP contribution is -2.00. The van der Waals surface area contributed by atoms with Crippen molar-refractivity contribution in [1.29, 1.82) is 0 Å². The van der Waals surface area contributed by atoms with E-state index < -0.39 is 0 Å². The molecule has 78 valence electrons. The van der Waals surface area contributed by atoms with Crippen LogP contribution in [0.1, 0.15) is 13.3 Å². The van der Waals surface area contributed by atoms with Gasteiger partial charge < -0.3 is 10.3 Å². The minimum absolute atomic E-state index is 0.843. The number of aromatic nitrogens is 2. The van der Waals surface area contributed by atoms with Gasteiger partial charge in [-0.25, -0.2) is 4.98 Å². The molecule has 3 nitrogen and oxygen atoms in total. The zero-order chi connectivity index (χ0) is 10.5. The Balaban J connectivity index is 2.14. The van der Waals surface area contributed by atoms with Crippen molar-refractivity contribution in [3.05, 3.63) is 36.5 Å². The maximum atomic E-state index is 4.26. The highest BCUT2D eigenvalue weighted by molar-refractivity contribution is 5.59. The van der Waals surface area contributed by atoms with Gasteiger partial charge in [-0.15, -0.1) is 0 Å². The lowest BCUT2D eigenvalue weighted by atomic mass is 10.2. The molecule has 2 N–H and O–H groups in total. The van der Waals surface area contributed by atoms with E-state index in [1.54, 1.807) is 0 Å². The van der Waals surface area contributed by atoms with Crippen LogP contribution in [0.5, 0.6) is 0 Å². The second-order valence-electron chi connectivity index (χ2n) is 3.44. The highest BCUT2D eigenvalue weighted by atomic mass is 15.1. The highest BCUT2D eigenvalue weighted by Gasteiger charge is 2.00. The standard InChI is InChI=1S/C12H15N3/c1-2-8-13-12-14-9-11(15-12)10-6-4-3-5-7-10/h3-7,9H,2,8H2,1H3,(H2,13,14,15). The average molecular weight is 201 g/mol. The summed E-state index contributed by atoms with van der Waals surface area (Å²) >= 11 is 0. The van der Waals surface area contributed by atoms with E-state index in [4.69, 9.17) is 0 Å². The summed E-state index contributed by atoms with van der Waals surface area (Å²) in [5.41, 5.74) is 2.21. The van der Waals surface area contributed by atoms with Crippen LogP contribution in [0.4, 0.5) is 5.95 Å². The fourth-order valence-corrected chi connectivity index (χ4v) is 1.42. The Morgan fingerprint density at radius 1 is 1.27 bits per heavy atom. The SMILES string of the molecule is CCCNc1ncc(-c2ccccc2)[nH]1. The molecule has 0 saturated carbocycles. The molecular weight excluding hydrogens is 186 g/mol. The van der Waals surface area contributed by atoms with E-state index in [2.05, 4.69) is 34.3 Å². The van der Waals surface area contributed by atoms with Crippen molar-refractivity contribution in [3.63, 3.8) is 0 Å². The molecule has 1 aromatic carbocycles. The number of rotatable bonds is 4. The number of nitrogens with one attached hydrogen (secondary N) is 2. The van der Waals surface area contributed by atoms with Crippen LogP contribution in [0.25, 0.3) is 11.3 Å². The second kappa shape index (κ2) is 4.64. The van der Waals surface area contributed by atoms with Gasteiger partial charge in [-0.3, -0.25) is 0 Å². The van der Waals surface area contributed by atoms with Crippen LogP contribution in [-0.4, -0.2) is 16.5 Å². The summed E-state index contributed by atoms with van der Waals surface area (Å²) in [5.74, 6) is 0.843. The quantitative estimate of drug-likeness (QED) is 0.798. The van der Waals surface area contributed by atoms with Crippen LogP contribution >= 0.6 is 0 Å². The fourth-order valence-electron chi connectivity index (χ4n) is 1.42. The topological polar surface area (TPSA) is 40.7 Å². The van der Waals surface area contributed by atoms with Gasteiger partial charge in [0.05, 0.1) is 11.9 Å².